The van der Waals surface area contributed by atoms with E-state index in [-0.39, 0.29) is 0 Å². The lowest BCUT2D eigenvalue weighted by molar-refractivity contribution is 0.935. The minimum absolute atomic E-state index is 0.575. The highest BCUT2D eigenvalue weighted by Crippen LogP contribution is 2.35. The van der Waals surface area contributed by atoms with Crippen molar-refractivity contribution in [3.05, 3.63) is 109 Å². The molecule has 186 valence electrons. The standard InChI is InChI=1S/C32H27N5S/c1-37(2)28-17-15-27(16-18-28)36-35-26-13-11-25(12-14-26)34-32(38)33-20-24-9-8-23-7-6-21-4-3-5-22-10-19-29(24)31(23)30(21)22/h3-19H,20H2,1-2H3,(H2,33,34,38). The van der Waals surface area contributed by atoms with E-state index in [9.17, 15) is 0 Å². The van der Waals surface area contributed by atoms with Gasteiger partial charge in [-0.15, -0.1) is 0 Å². The van der Waals surface area contributed by atoms with Crippen LogP contribution in [0.3, 0.4) is 0 Å². The van der Waals surface area contributed by atoms with Gasteiger partial charge in [0.1, 0.15) is 0 Å². The normalized spacial score (nSPS) is 11.5. The first-order chi connectivity index (χ1) is 18.5. The predicted molar refractivity (Wildman–Crippen MR) is 165 cm³/mol. The van der Waals surface area contributed by atoms with E-state index in [1.165, 1.54) is 37.9 Å². The summed E-state index contributed by atoms with van der Waals surface area (Å²) in [6.45, 7) is 0.638. The van der Waals surface area contributed by atoms with Gasteiger partial charge in [0.15, 0.2) is 5.11 Å². The Kier molecular flexibility index (Phi) is 6.32. The van der Waals surface area contributed by atoms with Gasteiger partial charge >= 0.3 is 0 Å². The third-order valence-electron chi connectivity index (χ3n) is 6.83. The minimum Gasteiger partial charge on any atom is -0.378 e. The zero-order valence-corrected chi connectivity index (χ0v) is 22.1. The van der Waals surface area contributed by atoms with Crippen LogP contribution in [-0.2, 0) is 6.54 Å². The number of nitrogens with zero attached hydrogens (tertiary/aromatic N) is 3. The van der Waals surface area contributed by atoms with E-state index in [1.807, 2.05) is 62.6 Å². The van der Waals surface area contributed by atoms with Gasteiger partial charge in [-0.3, -0.25) is 0 Å². The Bertz CT molecular complexity index is 1760. The lowest BCUT2D eigenvalue weighted by atomic mass is 9.92. The minimum atomic E-state index is 0.575. The van der Waals surface area contributed by atoms with Crippen LogP contribution in [0.2, 0.25) is 0 Å². The highest BCUT2D eigenvalue weighted by molar-refractivity contribution is 7.80. The molecule has 0 saturated carbocycles. The quantitative estimate of drug-likeness (QED) is 0.133. The van der Waals surface area contributed by atoms with Gasteiger partial charge in [0, 0.05) is 32.0 Å². The number of nitrogens with one attached hydrogen (secondary N) is 2. The number of hydrogen-bond acceptors (Lipinski definition) is 4. The summed E-state index contributed by atoms with van der Waals surface area (Å²) in [6, 6.07) is 35.4. The highest BCUT2D eigenvalue weighted by Gasteiger charge is 2.11. The summed E-state index contributed by atoms with van der Waals surface area (Å²) < 4.78 is 0. The lowest BCUT2D eigenvalue weighted by Crippen LogP contribution is -2.27. The van der Waals surface area contributed by atoms with Crippen LogP contribution in [0.15, 0.2) is 113 Å². The number of thiocarbonyl (C=S) groups is 1. The molecule has 0 amide bonds. The van der Waals surface area contributed by atoms with Crippen LogP contribution < -0.4 is 15.5 Å². The van der Waals surface area contributed by atoms with Crippen molar-refractivity contribution in [2.24, 2.45) is 10.2 Å². The van der Waals surface area contributed by atoms with Gasteiger partial charge in [-0.25, -0.2) is 0 Å². The lowest BCUT2D eigenvalue weighted by Gasteiger charge is -2.15. The summed E-state index contributed by atoms with van der Waals surface area (Å²) in [4.78, 5) is 2.05. The first-order valence-corrected chi connectivity index (χ1v) is 13.0. The largest absolute Gasteiger partial charge is 0.378 e. The van der Waals surface area contributed by atoms with E-state index in [4.69, 9.17) is 12.2 Å². The predicted octanol–water partition coefficient (Wildman–Crippen LogP) is 8.55. The molecule has 0 aromatic heterocycles. The highest BCUT2D eigenvalue weighted by atomic mass is 32.1. The third-order valence-corrected chi connectivity index (χ3v) is 7.08. The van der Waals surface area contributed by atoms with Gasteiger partial charge in [0.25, 0.3) is 0 Å². The molecule has 0 aliphatic rings. The Labute approximate surface area is 227 Å². The van der Waals surface area contributed by atoms with Crippen molar-refractivity contribution in [3.8, 4) is 0 Å². The number of azo groups is 1. The molecule has 0 fully saturated rings. The second-order valence-corrected chi connectivity index (χ2v) is 9.95. The van der Waals surface area contributed by atoms with Gasteiger partial charge in [0.2, 0.25) is 0 Å². The van der Waals surface area contributed by atoms with Gasteiger partial charge < -0.3 is 15.5 Å². The van der Waals surface area contributed by atoms with Crippen LogP contribution in [0.4, 0.5) is 22.7 Å². The molecule has 6 aromatic carbocycles. The Morgan fingerprint density at radius 1 is 0.684 bits per heavy atom. The molecule has 0 unspecified atom stereocenters. The van der Waals surface area contributed by atoms with Gasteiger partial charge in [-0.2, -0.15) is 10.2 Å². The molecule has 38 heavy (non-hydrogen) atoms. The first kappa shape index (κ1) is 23.8. The second-order valence-electron chi connectivity index (χ2n) is 9.55. The summed E-state index contributed by atoms with van der Waals surface area (Å²) in [6.07, 6.45) is 0. The molecule has 6 heteroatoms. The van der Waals surface area contributed by atoms with Crippen LogP contribution in [-0.4, -0.2) is 19.2 Å². The fraction of sp³-hybridized carbons (Fsp3) is 0.0938. The SMILES string of the molecule is CN(C)c1ccc(N=Nc2ccc(NC(=S)NCc3ccc4ccc5cccc6ccc3c4c56)cc2)cc1. The Balaban J connectivity index is 1.11. The first-order valence-electron chi connectivity index (χ1n) is 12.5. The molecule has 0 saturated heterocycles. The fourth-order valence-corrected chi connectivity index (χ4v) is 5.04. The van der Waals surface area contributed by atoms with Crippen LogP contribution in [0.1, 0.15) is 5.56 Å². The molecule has 0 aliphatic heterocycles. The molecule has 6 aromatic rings. The van der Waals surface area contributed by atoms with Crippen molar-refractivity contribution in [1.29, 1.82) is 0 Å². The van der Waals surface area contributed by atoms with Crippen molar-refractivity contribution >= 4 is 72.4 Å². The van der Waals surface area contributed by atoms with E-state index < -0.39 is 0 Å². The molecule has 2 N–H and O–H groups in total. The van der Waals surface area contributed by atoms with Crippen LogP contribution >= 0.6 is 12.2 Å². The molecule has 5 nitrogen and oxygen atoms in total. The van der Waals surface area contributed by atoms with E-state index >= 15 is 0 Å². The van der Waals surface area contributed by atoms with Gasteiger partial charge in [-0.1, -0.05) is 54.6 Å². The summed E-state index contributed by atoms with van der Waals surface area (Å²) in [7, 11) is 4.03. The Morgan fingerprint density at radius 3 is 1.92 bits per heavy atom. The molecule has 0 bridgehead atoms. The maximum absolute atomic E-state index is 5.59. The Hall–Kier alpha value is -4.55. The van der Waals surface area contributed by atoms with E-state index in [2.05, 4.69) is 80.4 Å². The zero-order chi connectivity index (χ0) is 26.1. The molecule has 0 radical (unpaired) electrons. The molecule has 0 aliphatic carbocycles. The van der Waals surface area contributed by atoms with Crippen LogP contribution in [0, 0.1) is 0 Å². The fourth-order valence-electron chi connectivity index (χ4n) is 4.85. The van der Waals surface area contributed by atoms with Gasteiger partial charge in [0.05, 0.1) is 11.4 Å². The summed E-state index contributed by atoms with van der Waals surface area (Å²) >= 11 is 5.59. The summed E-state index contributed by atoms with van der Waals surface area (Å²) in [5, 5.41) is 23.6. The maximum atomic E-state index is 5.59. The van der Waals surface area contributed by atoms with Crippen molar-refractivity contribution in [3.63, 3.8) is 0 Å². The number of rotatable bonds is 6. The van der Waals surface area contributed by atoms with Crippen molar-refractivity contribution in [2.75, 3.05) is 24.3 Å². The van der Waals surface area contributed by atoms with Crippen molar-refractivity contribution in [1.82, 2.24) is 5.32 Å². The molecule has 0 atom stereocenters. The molecule has 0 heterocycles. The molecular formula is C32H27N5S. The average Bonchev–Trinajstić information content (AvgIpc) is 2.95. The van der Waals surface area contributed by atoms with Crippen molar-refractivity contribution < 1.29 is 0 Å². The number of anilines is 2. The monoisotopic (exact) mass is 513 g/mol. The van der Waals surface area contributed by atoms with Crippen molar-refractivity contribution in [2.45, 2.75) is 6.54 Å². The molecule has 0 spiro atoms. The van der Waals surface area contributed by atoms with E-state index in [0.29, 0.717) is 11.7 Å². The molecule has 6 rings (SSSR count). The number of hydrogen-bond donors (Lipinski definition) is 2. The maximum Gasteiger partial charge on any atom is 0.171 e. The third kappa shape index (κ3) is 4.74. The summed E-state index contributed by atoms with van der Waals surface area (Å²) in [5.41, 5.74) is 4.83. The van der Waals surface area contributed by atoms with Crippen LogP contribution in [0.25, 0.3) is 32.3 Å². The van der Waals surface area contributed by atoms with E-state index in [0.717, 1.165) is 22.7 Å². The zero-order valence-electron chi connectivity index (χ0n) is 21.3. The summed E-state index contributed by atoms with van der Waals surface area (Å²) in [5.74, 6) is 0. The topological polar surface area (TPSA) is 52.0 Å². The average molecular weight is 514 g/mol. The molecular weight excluding hydrogens is 486 g/mol. The Morgan fingerprint density at radius 2 is 1.26 bits per heavy atom. The van der Waals surface area contributed by atoms with E-state index in [1.54, 1.807) is 0 Å². The number of benzene rings is 6. The smallest absolute Gasteiger partial charge is 0.171 e. The van der Waals surface area contributed by atoms with Gasteiger partial charge in [-0.05, 0) is 98.6 Å². The van der Waals surface area contributed by atoms with Crippen LogP contribution in [0.5, 0.6) is 0 Å². The second kappa shape index (κ2) is 10.1.